The fourth-order valence-electron chi connectivity index (χ4n) is 2.47. The molecule has 1 heteroatoms. The molecule has 0 aliphatic heterocycles. The van der Waals surface area contributed by atoms with Crippen molar-refractivity contribution in [2.75, 3.05) is 0 Å². The Morgan fingerprint density at radius 2 is 1.89 bits per heavy atom. The highest BCUT2D eigenvalue weighted by Gasteiger charge is 2.30. The molecular formula is C18H23O. The molecule has 1 aliphatic carbocycles. The third-order valence-corrected chi connectivity index (χ3v) is 3.45. The van der Waals surface area contributed by atoms with E-state index in [1.165, 1.54) is 0 Å². The molecule has 2 rings (SSSR count). The number of rotatable bonds is 0. The van der Waals surface area contributed by atoms with Crippen molar-refractivity contribution >= 4 is 5.78 Å². The van der Waals surface area contributed by atoms with E-state index in [4.69, 9.17) is 6.42 Å². The van der Waals surface area contributed by atoms with Gasteiger partial charge in [0.15, 0.2) is 5.78 Å². The van der Waals surface area contributed by atoms with Gasteiger partial charge in [0.2, 0.25) is 0 Å². The van der Waals surface area contributed by atoms with Gasteiger partial charge in [-0.2, -0.15) is 0 Å². The molecule has 0 amide bonds. The van der Waals surface area contributed by atoms with Gasteiger partial charge in [0, 0.05) is 17.0 Å². The Kier molecular flexibility index (Phi) is 4.58. The second-order valence-corrected chi connectivity index (χ2v) is 5.92. The number of Topliss-reactive ketones (excluding diaryl/α,β-unsaturated/α-hetero) is 1. The molecule has 0 spiro atoms. The van der Waals surface area contributed by atoms with Gasteiger partial charge in [0.05, 0.1) is 0 Å². The number of terminal acetylenes is 1. The van der Waals surface area contributed by atoms with E-state index < -0.39 is 0 Å². The molecule has 0 aromatic heterocycles. The molecule has 1 unspecified atom stereocenters. The predicted molar refractivity (Wildman–Crippen MR) is 81.3 cm³/mol. The average Bonchev–Trinajstić information content (AvgIpc) is 2.64. The lowest BCUT2D eigenvalue weighted by atomic mass is 9.82. The van der Waals surface area contributed by atoms with E-state index >= 15 is 0 Å². The van der Waals surface area contributed by atoms with Crippen LogP contribution in [0.3, 0.4) is 0 Å². The first kappa shape index (κ1) is 15.5. The van der Waals surface area contributed by atoms with Gasteiger partial charge in [-0.15, -0.1) is 6.42 Å². The van der Waals surface area contributed by atoms with E-state index in [-0.39, 0.29) is 17.1 Å². The zero-order valence-electron chi connectivity index (χ0n) is 12.6. The van der Waals surface area contributed by atoms with Gasteiger partial charge in [0.1, 0.15) is 0 Å². The Morgan fingerprint density at radius 3 is 2.37 bits per heavy atom. The molecule has 1 aromatic carbocycles. The van der Waals surface area contributed by atoms with Crippen molar-refractivity contribution in [3.63, 3.8) is 0 Å². The maximum absolute atomic E-state index is 12.0. The van der Waals surface area contributed by atoms with Crippen LogP contribution in [0, 0.1) is 25.2 Å². The molecule has 0 fully saturated rings. The summed E-state index contributed by atoms with van der Waals surface area (Å²) in [5.74, 6) is 3.11. The molecule has 1 radical (unpaired) electrons. The summed E-state index contributed by atoms with van der Waals surface area (Å²) in [6.45, 7) is 13.4. The van der Waals surface area contributed by atoms with Crippen molar-refractivity contribution in [1.29, 1.82) is 0 Å². The Hall–Kier alpha value is -1.55. The van der Waals surface area contributed by atoms with Crippen molar-refractivity contribution in [2.45, 2.75) is 46.5 Å². The normalized spacial score (nSPS) is 17.3. The van der Waals surface area contributed by atoms with Gasteiger partial charge in [-0.05, 0) is 35.1 Å². The minimum atomic E-state index is -0.0250. The van der Waals surface area contributed by atoms with Crippen LogP contribution in [0.1, 0.15) is 61.7 Å². The van der Waals surface area contributed by atoms with E-state index in [1.54, 1.807) is 6.92 Å². The molecule has 1 aromatic rings. The maximum Gasteiger partial charge on any atom is 0.166 e. The predicted octanol–water partition coefficient (Wildman–Crippen LogP) is 4.18. The second kappa shape index (κ2) is 5.61. The molecule has 0 saturated heterocycles. The molecule has 1 aliphatic rings. The topological polar surface area (TPSA) is 17.1 Å². The highest BCUT2D eigenvalue weighted by molar-refractivity contribution is 6.02. The van der Waals surface area contributed by atoms with Gasteiger partial charge in [0.25, 0.3) is 0 Å². The monoisotopic (exact) mass is 255 g/mol. The number of hydrogen-bond donors (Lipinski definition) is 0. The van der Waals surface area contributed by atoms with Crippen LogP contribution in [0.25, 0.3) is 0 Å². The summed E-state index contributed by atoms with van der Waals surface area (Å²) in [6.07, 6.45) is 6.40. The van der Waals surface area contributed by atoms with Crippen LogP contribution in [-0.4, -0.2) is 5.78 Å². The smallest absolute Gasteiger partial charge is 0.166 e. The van der Waals surface area contributed by atoms with Crippen molar-refractivity contribution in [3.05, 3.63) is 41.3 Å². The first-order valence-corrected chi connectivity index (χ1v) is 6.73. The summed E-state index contributed by atoms with van der Waals surface area (Å²) in [5, 5.41) is 0. The Balaban J connectivity index is 0.000000861. The van der Waals surface area contributed by atoms with E-state index in [2.05, 4.69) is 33.6 Å². The lowest BCUT2D eigenvalue weighted by molar-refractivity contribution is 0.0946. The number of carbonyl (C=O) groups is 1. The van der Waals surface area contributed by atoms with Gasteiger partial charge >= 0.3 is 0 Å². The summed E-state index contributed by atoms with van der Waals surface area (Å²) in [4.78, 5) is 12.0. The van der Waals surface area contributed by atoms with Gasteiger partial charge in [-0.3, -0.25) is 4.79 Å². The van der Waals surface area contributed by atoms with Crippen LogP contribution in [0.4, 0.5) is 0 Å². The Bertz CT molecular complexity index is 524. The zero-order valence-corrected chi connectivity index (χ0v) is 12.6. The Labute approximate surface area is 117 Å². The minimum absolute atomic E-state index is 0.0250. The average molecular weight is 255 g/mol. The fraction of sp³-hybridized carbons (Fsp3) is 0.444. The molecule has 101 valence electrons. The Morgan fingerprint density at radius 1 is 1.32 bits per heavy atom. The summed E-state index contributed by atoms with van der Waals surface area (Å²) in [5.41, 5.74) is 3.99. The third-order valence-electron chi connectivity index (χ3n) is 3.45. The molecule has 0 bridgehead atoms. The molecule has 19 heavy (non-hydrogen) atoms. The lowest BCUT2D eigenvalue weighted by Gasteiger charge is -2.22. The van der Waals surface area contributed by atoms with Gasteiger partial charge in [-0.1, -0.05) is 47.5 Å². The van der Waals surface area contributed by atoms with E-state index in [1.807, 2.05) is 19.1 Å². The first-order chi connectivity index (χ1) is 8.84. The van der Waals surface area contributed by atoms with Crippen molar-refractivity contribution < 1.29 is 4.79 Å². The molecule has 0 saturated carbocycles. The summed E-state index contributed by atoms with van der Waals surface area (Å²) in [6, 6.07) is 4.04. The van der Waals surface area contributed by atoms with Gasteiger partial charge in [-0.25, -0.2) is 0 Å². The maximum atomic E-state index is 12.0. The number of hydrogen-bond acceptors (Lipinski definition) is 1. The largest absolute Gasteiger partial charge is 0.294 e. The molecule has 0 heterocycles. The number of ketones is 1. The number of carbonyl (C=O) groups excluding carboxylic acids is 1. The van der Waals surface area contributed by atoms with Crippen molar-refractivity contribution in [3.8, 4) is 12.3 Å². The van der Waals surface area contributed by atoms with Crippen molar-refractivity contribution in [1.82, 2.24) is 0 Å². The number of fused-ring (bicyclic) bond motifs is 1. The highest BCUT2D eigenvalue weighted by atomic mass is 16.1. The first-order valence-electron chi connectivity index (χ1n) is 6.73. The van der Waals surface area contributed by atoms with E-state index in [9.17, 15) is 4.79 Å². The number of benzene rings is 1. The van der Waals surface area contributed by atoms with Crippen LogP contribution in [0.5, 0.6) is 0 Å². The van der Waals surface area contributed by atoms with Crippen LogP contribution < -0.4 is 0 Å². The van der Waals surface area contributed by atoms with Crippen LogP contribution in [-0.2, 0) is 11.8 Å². The molecule has 0 N–H and O–H groups in total. The SMILES string of the molecule is C#Cc1cc2c(cc1C(C)(C)C)C(=O)C(C)C2.[CH2]C. The summed E-state index contributed by atoms with van der Waals surface area (Å²) in [7, 11) is 0. The quantitative estimate of drug-likeness (QED) is 0.636. The lowest BCUT2D eigenvalue weighted by Crippen LogP contribution is -2.14. The fourth-order valence-corrected chi connectivity index (χ4v) is 2.47. The van der Waals surface area contributed by atoms with Gasteiger partial charge < -0.3 is 0 Å². The standard InChI is InChI=1S/C16H18O.C2H5/c1-6-11-8-12-7-10(2)15(17)13(12)9-14(11)16(3,4)5;1-2/h1,8-10H,7H2,2-5H3;1H2,2H3. The third kappa shape index (κ3) is 2.89. The molecule has 1 atom stereocenters. The van der Waals surface area contributed by atoms with E-state index in [0.29, 0.717) is 0 Å². The van der Waals surface area contributed by atoms with E-state index in [0.717, 1.165) is 28.7 Å². The highest BCUT2D eigenvalue weighted by Crippen LogP contribution is 2.33. The minimum Gasteiger partial charge on any atom is -0.294 e. The van der Waals surface area contributed by atoms with Crippen LogP contribution in [0.2, 0.25) is 0 Å². The molecule has 1 nitrogen and oxygen atoms in total. The summed E-state index contributed by atoms with van der Waals surface area (Å²) < 4.78 is 0. The van der Waals surface area contributed by atoms with Crippen molar-refractivity contribution in [2.24, 2.45) is 5.92 Å². The zero-order chi connectivity index (χ0) is 14.8. The second-order valence-electron chi connectivity index (χ2n) is 5.92. The summed E-state index contributed by atoms with van der Waals surface area (Å²) >= 11 is 0. The molecular weight excluding hydrogens is 232 g/mol. The van der Waals surface area contributed by atoms with Crippen LogP contribution >= 0.6 is 0 Å². The van der Waals surface area contributed by atoms with Crippen LogP contribution in [0.15, 0.2) is 12.1 Å².